The molecule has 1 heterocycles. The highest BCUT2D eigenvalue weighted by Gasteiger charge is 2.50. The van der Waals surface area contributed by atoms with E-state index in [0.29, 0.717) is 31.3 Å². The number of carbonyl (C=O) groups excluding carboxylic acids is 1. The lowest BCUT2D eigenvalue weighted by Crippen LogP contribution is -2.53. The van der Waals surface area contributed by atoms with Crippen LogP contribution in [0.25, 0.3) is 0 Å². The molecule has 1 aliphatic heterocycles. The number of sulfonamides is 1. The molecular formula is C23H32N2O5S. The number of rotatable bonds is 6. The zero-order valence-electron chi connectivity index (χ0n) is 18.1. The van der Waals surface area contributed by atoms with Crippen molar-refractivity contribution in [2.24, 2.45) is 23.2 Å². The molecule has 5 aliphatic rings. The smallest absolute Gasteiger partial charge is 0.241 e. The highest BCUT2D eigenvalue weighted by atomic mass is 32.2. The highest BCUT2D eigenvalue weighted by molar-refractivity contribution is 7.89. The molecule has 7 nitrogen and oxygen atoms in total. The molecule has 0 aromatic heterocycles. The number of fused-ring (bicyclic) bond motifs is 1. The fourth-order valence-corrected chi connectivity index (χ4v) is 7.82. The summed E-state index contributed by atoms with van der Waals surface area (Å²) < 4.78 is 39.4. The Balaban J connectivity index is 1.21. The van der Waals surface area contributed by atoms with E-state index in [1.54, 1.807) is 13.0 Å². The number of amides is 1. The summed E-state index contributed by atoms with van der Waals surface area (Å²) in [6.07, 6.45) is 8.44. The van der Waals surface area contributed by atoms with Crippen molar-refractivity contribution in [2.45, 2.75) is 62.8 Å². The summed E-state index contributed by atoms with van der Waals surface area (Å²) in [5, 5.41) is 3.06. The summed E-state index contributed by atoms with van der Waals surface area (Å²) in [5.74, 6) is 3.14. The van der Waals surface area contributed by atoms with Gasteiger partial charge in [0.25, 0.3) is 0 Å². The zero-order valence-corrected chi connectivity index (χ0v) is 18.9. The minimum Gasteiger partial charge on any atom is -0.490 e. The van der Waals surface area contributed by atoms with Gasteiger partial charge in [0, 0.05) is 19.0 Å². The van der Waals surface area contributed by atoms with Crippen LogP contribution in [0.2, 0.25) is 0 Å². The van der Waals surface area contributed by atoms with Crippen LogP contribution in [0, 0.1) is 23.2 Å². The Labute approximate surface area is 184 Å². The van der Waals surface area contributed by atoms with Crippen molar-refractivity contribution in [3.05, 3.63) is 18.2 Å². The first-order chi connectivity index (χ1) is 14.8. The number of ether oxygens (including phenoxy) is 2. The van der Waals surface area contributed by atoms with E-state index in [9.17, 15) is 13.2 Å². The highest BCUT2D eigenvalue weighted by Crippen LogP contribution is 2.59. The molecule has 6 rings (SSSR count). The van der Waals surface area contributed by atoms with Crippen LogP contribution < -0.4 is 19.5 Å². The van der Waals surface area contributed by atoms with Gasteiger partial charge in [-0.25, -0.2) is 8.42 Å². The average Bonchev–Trinajstić information content (AvgIpc) is 2.95. The average molecular weight is 449 g/mol. The van der Waals surface area contributed by atoms with Crippen molar-refractivity contribution in [3.8, 4) is 11.5 Å². The SMILES string of the molecule is CC(NS(=O)(=O)c1ccc2c(c1)OCCCO2)C(=O)NCC12CC3CC(CC(C3)C1)C2. The van der Waals surface area contributed by atoms with Crippen LogP contribution in [-0.4, -0.2) is 40.1 Å². The lowest BCUT2D eigenvalue weighted by atomic mass is 9.49. The van der Waals surface area contributed by atoms with E-state index in [2.05, 4.69) is 10.0 Å². The molecule has 0 saturated heterocycles. The Bertz CT molecular complexity index is 925. The monoisotopic (exact) mass is 448 g/mol. The van der Waals surface area contributed by atoms with Gasteiger partial charge in [-0.05, 0) is 80.8 Å². The van der Waals surface area contributed by atoms with Crippen LogP contribution in [0.3, 0.4) is 0 Å². The predicted octanol–water partition coefficient (Wildman–Crippen LogP) is 2.85. The van der Waals surface area contributed by atoms with Crippen LogP contribution >= 0.6 is 0 Å². The van der Waals surface area contributed by atoms with Crippen LogP contribution in [-0.2, 0) is 14.8 Å². The standard InChI is InChI=1S/C23H32N2O5S/c1-15(22(26)24-14-23-11-16-7-17(12-23)9-18(8-16)13-23)25-31(27,28)19-3-4-20-21(10-19)30-6-2-5-29-20/h3-4,10,15-18,25H,2,5-9,11-14H2,1H3,(H,24,26). The third-order valence-corrected chi connectivity index (χ3v) is 9.10. The van der Waals surface area contributed by atoms with Gasteiger partial charge in [0.1, 0.15) is 0 Å². The first-order valence-electron chi connectivity index (χ1n) is 11.5. The maximum Gasteiger partial charge on any atom is 0.241 e. The summed E-state index contributed by atoms with van der Waals surface area (Å²) in [4.78, 5) is 12.8. The summed E-state index contributed by atoms with van der Waals surface area (Å²) in [6, 6.07) is 3.70. The molecule has 170 valence electrons. The van der Waals surface area contributed by atoms with E-state index in [1.165, 1.54) is 50.7 Å². The molecule has 31 heavy (non-hydrogen) atoms. The second-order valence-electron chi connectivity index (χ2n) is 10.1. The Morgan fingerprint density at radius 2 is 1.68 bits per heavy atom. The Morgan fingerprint density at radius 3 is 2.32 bits per heavy atom. The van der Waals surface area contributed by atoms with Crippen molar-refractivity contribution in [1.82, 2.24) is 10.0 Å². The summed E-state index contributed by atoms with van der Waals surface area (Å²) in [6.45, 7) is 3.27. The first kappa shape index (κ1) is 21.1. The van der Waals surface area contributed by atoms with Crippen LogP contribution in [0.5, 0.6) is 11.5 Å². The van der Waals surface area contributed by atoms with Gasteiger partial charge in [-0.3, -0.25) is 4.79 Å². The Kier molecular flexibility index (Phi) is 5.41. The van der Waals surface area contributed by atoms with Crippen molar-refractivity contribution < 1.29 is 22.7 Å². The fourth-order valence-electron chi connectivity index (χ4n) is 6.60. The normalized spacial score (nSPS) is 32.4. The van der Waals surface area contributed by atoms with E-state index in [0.717, 1.165) is 24.2 Å². The molecule has 0 spiro atoms. The van der Waals surface area contributed by atoms with Gasteiger partial charge in [0.15, 0.2) is 11.5 Å². The molecular weight excluding hydrogens is 416 g/mol. The van der Waals surface area contributed by atoms with E-state index in [4.69, 9.17) is 9.47 Å². The van der Waals surface area contributed by atoms with Gasteiger partial charge in [-0.1, -0.05) is 0 Å². The third kappa shape index (κ3) is 4.29. The third-order valence-electron chi connectivity index (χ3n) is 7.56. The van der Waals surface area contributed by atoms with E-state index >= 15 is 0 Å². The molecule has 8 heteroatoms. The van der Waals surface area contributed by atoms with E-state index in [1.807, 2.05) is 0 Å². The number of carbonyl (C=O) groups is 1. The molecule has 4 aliphatic carbocycles. The van der Waals surface area contributed by atoms with Crippen molar-refractivity contribution in [3.63, 3.8) is 0 Å². The quantitative estimate of drug-likeness (QED) is 0.698. The molecule has 4 fully saturated rings. The molecule has 1 aromatic carbocycles. The maximum absolute atomic E-state index is 12.9. The molecule has 0 radical (unpaired) electrons. The topological polar surface area (TPSA) is 93.7 Å². The Morgan fingerprint density at radius 1 is 1.06 bits per heavy atom. The zero-order chi connectivity index (χ0) is 21.6. The van der Waals surface area contributed by atoms with Crippen LogP contribution in [0.4, 0.5) is 0 Å². The van der Waals surface area contributed by atoms with Gasteiger partial charge in [0.2, 0.25) is 15.9 Å². The minimum absolute atomic E-state index is 0.0671. The van der Waals surface area contributed by atoms with Gasteiger partial charge >= 0.3 is 0 Å². The number of hydrogen-bond donors (Lipinski definition) is 2. The lowest BCUT2D eigenvalue weighted by Gasteiger charge is -2.57. The lowest BCUT2D eigenvalue weighted by molar-refractivity contribution is -0.124. The number of hydrogen-bond acceptors (Lipinski definition) is 5. The second-order valence-corrected chi connectivity index (χ2v) is 11.9. The number of nitrogens with one attached hydrogen (secondary N) is 2. The van der Waals surface area contributed by atoms with E-state index in [-0.39, 0.29) is 16.2 Å². The summed E-state index contributed by atoms with van der Waals surface area (Å²) in [7, 11) is -3.86. The molecule has 2 N–H and O–H groups in total. The second kappa shape index (κ2) is 7.96. The Hall–Kier alpha value is -1.80. The molecule has 1 atom stereocenters. The van der Waals surface area contributed by atoms with Crippen LogP contribution in [0.1, 0.15) is 51.9 Å². The van der Waals surface area contributed by atoms with E-state index < -0.39 is 16.1 Å². The molecule has 4 saturated carbocycles. The summed E-state index contributed by atoms with van der Waals surface area (Å²) in [5.41, 5.74) is 0.220. The minimum atomic E-state index is -3.86. The summed E-state index contributed by atoms with van der Waals surface area (Å²) >= 11 is 0. The van der Waals surface area contributed by atoms with Gasteiger partial charge < -0.3 is 14.8 Å². The largest absolute Gasteiger partial charge is 0.490 e. The maximum atomic E-state index is 12.9. The fraction of sp³-hybridized carbons (Fsp3) is 0.696. The predicted molar refractivity (Wildman–Crippen MR) is 115 cm³/mol. The van der Waals surface area contributed by atoms with Gasteiger partial charge in [0.05, 0.1) is 24.2 Å². The first-order valence-corrected chi connectivity index (χ1v) is 13.0. The number of benzene rings is 1. The van der Waals surface area contributed by atoms with Crippen molar-refractivity contribution in [2.75, 3.05) is 19.8 Å². The molecule has 1 amide bonds. The van der Waals surface area contributed by atoms with Gasteiger partial charge in [-0.2, -0.15) is 4.72 Å². The molecule has 1 unspecified atom stereocenters. The molecule has 1 aromatic rings. The van der Waals surface area contributed by atoms with Crippen molar-refractivity contribution >= 4 is 15.9 Å². The molecule has 4 bridgehead atoms. The van der Waals surface area contributed by atoms with Crippen LogP contribution in [0.15, 0.2) is 23.1 Å². The van der Waals surface area contributed by atoms with Gasteiger partial charge in [-0.15, -0.1) is 0 Å². The van der Waals surface area contributed by atoms with Crippen molar-refractivity contribution in [1.29, 1.82) is 0 Å².